The average Bonchev–Trinajstić information content (AvgIpc) is 2.37. The van der Waals surface area contributed by atoms with Crippen molar-refractivity contribution < 1.29 is 5.11 Å². The van der Waals surface area contributed by atoms with Gasteiger partial charge in [0.15, 0.2) is 5.16 Å². The number of hydrogen-bond acceptors (Lipinski definition) is 5. The minimum absolute atomic E-state index is 0.507. The highest BCUT2D eigenvalue weighted by Gasteiger charge is 2.09. The zero-order chi connectivity index (χ0) is 12.1. The molecule has 1 aromatic heterocycles. The maximum Gasteiger partial charge on any atom is 0.187 e. The number of aliphatic hydroxyl groups is 1. The quantitative estimate of drug-likeness (QED) is 0.490. The fourth-order valence-corrected chi connectivity index (χ4v) is 2.15. The highest BCUT2D eigenvalue weighted by molar-refractivity contribution is 7.99. The summed E-state index contributed by atoms with van der Waals surface area (Å²) in [6.07, 6.45) is 2.80. The van der Waals surface area contributed by atoms with Crippen LogP contribution in [0.25, 0.3) is 0 Å². The standard InChI is InChI=1S/C12H13N3OS/c13-10-4-1-3-9(7-10)11(16)8-17-12-14-5-2-6-15-12/h1-7,11,16H,8,13H2. The predicted octanol–water partition coefficient (Wildman–Crippen LogP) is 1.88. The summed E-state index contributed by atoms with van der Waals surface area (Å²) in [5.74, 6) is 0.507. The van der Waals surface area contributed by atoms with E-state index >= 15 is 0 Å². The lowest BCUT2D eigenvalue weighted by Crippen LogP contribution is -2.02. The first-order chi connectivity index (χ1) is 8.25. The number of hydrogen-bond donors (Lipinski definition) is 2. The van der Waals surface area contributed by atoms with E-state index in [1.54, 1.807) is 30.6 Å². The molecule has 0 amide bonds. The maximum absolute atomic E-state index is 9.97. The van der Waals surface area contributed by atoms with Gasteiger partial charge in [-0.05, 0) is 23.8 Å². The third kappa shape index (κ3) is 3.44. The Kier molecular flexibility index (Phi) is 3.95. The third-order valence-electron chi connectivity index (χ3n) is 2.21. The summed E-state index contributed by atoms with van der Waals surface area (Å²) < 4.78 is 0. The van der Waals surface area contributed by atoms with Crippen molar-refractivity contribution in [3.05, 3.63) is 48.3 Å². The number of nitrogens with two attached hydrogens (primary N) is 1. The van der Waals surface area contributed by atoms with Crippen LogP contribution >= 0.6 is 11.8 Å². The molecular formula is C12H13N3OS. The van der Waals surface area contributed by atoms with Crippen molar-refractivity contribution in [2.45, 2.75) is 11.3 Å². The number of anilines is 1. The van der Waals surface area contributed by atoms with E-state index in [0.717, 1.165) is 5.56 Å². The van der Waals surface area contributed by atoms with Crippen LogP contribution in [0.2, 0.25) is 0 Å². The lowest BCUT2D eigenvalue weighted by molar-refractivity contribution is 0.204. The molecule has 0 fully saturated rings. The average molecular weight is 247 g/mol. The number of nitrogen functional groups attached to an aromatic ring is 1. The molecule has 88 valence electrons. The molecular weight excluding hydrogens is 234 g/mol. The zero-order valence-electron chi connectivity index (χ0n) is 9.15. The van der Waals surface area contributed by atoms with Crippen molar-refractivity contribution in [3.8, 4) is 0 Å². The van der Waals surface area contributed by atoms with Gasteiger partial charge in [-0.1, -0.05) is 23.9 Å². The molecule has 0 saturated heterocycles. The van der Waals surface area contributed by atoms with E-state index in [2.05, 4.69) is 9.97 Å². The summed E-state index contributed by atoms with van der Waals surface area (Å²) in [4.78, 5) is 8.16. The van der Waals surface area contributed by atoms with Crippen LogP contribution in [0, 0.1) is 0 Å². The van der Waals surface area contributed by atoms with Crippen LogP contribution in [0.4, 0.5) is 5.69 Å². The molecule has 0 aliphatic heterocycles. The van der Waals surface area contributed by atoms with Crippen molar-refractivity contribution in [3.63, 3.8) is 0 Å². The van der Waals surface area contributed by atoms with Gasteiger partial charge in [-0.2, -0.15) is 0 Å². The van der Waals surface area contributed by atoms with E-state index in [-0.39, 0.29) is 0 Å². The molecule has 0 spiro atoms. The number of rotatable bonds is 4. The van der Waals surface area contributed by atoms with E-state index in [4.69, 9.17) is 5.73 Å². The zero-order valence-corrected chi connectivity index (χ0v) is 9.97. The molecule has 0 aliphatic rings. The van der Waals surface area contributed by atoms with E-state index in [1.165, 1.54) is 11.8 Å². The summed E-state index contributed by atoms with van der Waals surface area (Å²) in [6, 6.07) is 9.02. The molecule has 1 aromatic carbocycles. The maximum atomic E-state index is 9.97. The van der Waals surface area contributed by atoms with Crippen LogP contribution in [0.15, 0.2) is 47.9 Å². The lowest BCUT2D eigenvalue weighted by atomic mass is 10.1. The fraction of sp³-hybridized carbons (Fsp3) is 0.167. The normalized spacial score (nSPS) is 12.3. The molecule has 0 saturated carbocycles. The second kappa shape index (κ2) is 5.65. The van der Waals surface area contributed by atoms with E-state index in [0.29, 0.717) is 16.6 Å². The SMILES string of the molecule is Nc1cccc(C(O)CSc2ncccn2)c1. The van der Waals surface area contributed by atoms with Crippen molar-refractivity contribution in [1.29, 1.82) is 0 Å². The molecule has 17 heavy (non-hydrogen) atoms. The predicted molar refractivity (Wildman–Crippen MR) is 68.6 cm³/mol. The first-order valence-corrected chi connectivity index (χ1v) is 6.17. The molecule has 0 aliphatic carbocycles. The van der Waals surface area contributed by atoms with Crippen LogP contribution in [0.3, 0.4) is 0 Å². The Bertz CT molecular complexity index is 478. The smallest absolute Gasteiger partial charge is 0.187 e. The Hall–Kier alpha value is -1.59. The van der Waals surface area contributed by atoms with E-state index in [9.17, 15) is 5.11 Å². The summed E-state index contributed by atoms with van der Waals surface area (Å²) in [6.45, 7) is 0. The Morgan fingerprint density at radius 3 is 2.71 bits per heavy atom. The summed E-state index contributed by atoms with van der Waals surface area (Å²) in [5.41, 5.74) is 7.13. The first-order valence-electron chi connectivity index (χ1n) is 5.19. The number of benzene rings is 1. The van der Waals surface area contributed by atoms with Crippen LogP contribution in [0.1, 0.15) is 11.7 Å². The van der Waals surface area contributed by atoms with Gasteiger partial charge in [0.1, 0.15) is 0 Å². The molecule has 4 nitrogen and oxygen atoms in total. The summed E-state index contributed by atoms with van der Waals surface area (Å²) >= 11 is 1.42. The van der Waals surface area contributed by atoms with E-state index < -0.39 is 6.10 Å². The van der Waals surface area contributed by atoms with Gasteiger partial charge in [0.25, 0.3) is 0 Å². The van der Waals surface area contributed by atoms with E-state index in [1.807, 2.05) is 12.1 Å². The molecule has 1 atom stereocenters. The number of aliphatic hydroxyl groups excluding tert-OH is 1. The van der Waals surface area contributed by atoms with Gasteiger partial charge in [0, 0.05) is 23.8 Å². The van der Waals surface area contributed by atoms with Crippen molar-refractivity contribution in [2.75, 3.05) is 11.5 Å². The largest absolute Gasteiger partial charge is 0.399 e. The van der Waals surface area contributed by atoms with Crippen molar-refractivity contribution >= 4 is 17.4 Å². The van der Waals surface area contributed by atoms with Crippen LogP contribution in [-0.2, 0) is 0 Å². The lowest BCUT2D eigenvalue weighted by Gasteiger charge is -2.10. The highest BCUT2D eigenvalue weighted by atomic mass is 32.2. The second-order valence-corrected chi connectivity index (χ2v) is 4.52. The number of nitrogens with zero attached hydrogens (tertiary/aromatic N) is 2. The minimum atomic E-state index is -0.563. The van der Waals surface area contributed by atoms with Gasteiger partial charge in [0.2, 0.25) is 0 Å². The Morgan fingerprint density at radius 1 is 1.24 bits per heavy atom. The molecule has 0 bridgehead atoms. The highest BCUT2D eigenvalue weighted by Crippen LogP contribution is 2.22. The molecule has 3 N–H and O–H groups in total. The van der Waals surface area contributed by atoms with Gasteiger partial charge in [-0.15, -0.1) is 0 Å². The molecule has 1 heterocycles. The van der Waals surface area contributed by atoms with Gasteiger partial charge in [-0.3, -0.25) is 0 Å². The molecule has 2 aromatic rings. The van der Waals surface area contributed by atoms with Crippen LogP contribution < -0.4 is 5.73 Å². The number of aromatic nitrogens is 2. The summed E-state index contributed by atoms with van der Waals surface area (Å²) in [7, 11) is 0. The third-order valence-corrected chi connectivity index (χ3v) is 3.16. The topological polar surface area (TPSA) is 72.0 Å². The van der Waals surface area contributed by atoms with Gasteiger partial charge >= 0.3 is 0 Å². The van der Waals surface area contributed by atoms with Crippen LogP contribution in [0.5, 0.6) is 0 Å². The monoisotopic (exact) mass is 247 g/mol. The number of thioether (sulfide) groups is 1. The Balaban J connectivity index is 1.96. The first kappa shape index (κ1) is 11.9. The second-order valence-electron chi connectivity index (χ2n) is 3.53. The molecule has 1 unspecified atom stereocenters. The minimum Gasteiger partial charge on any atom is -0.399 e. The Morgan fingerprint density at radius 2 is 2.00 bits per heavy atom. The van der Waals surface area contributed by atoms with Crippen molar-refractivity contribution in [1.82, 2.24) is 9.97 Å². The van der Waals surface area contributed by atoms with Gasteiger partial charge < -0.3 is 10.8 Å². The summed E-state index contributed by atoms with van der Waals surface area (Å²) in [5, 5.41) is 10.6. The van der Waals surface area contributed by atoms with Gasteiger partial charge in [0.05, 0.1) is 6.10 Å². The molecule has 2 rings (SSSR count). The van der Waals surface area contributed by atoms with Crippen LogP contribution in [-0.4, -0.2) is 20.8 Å². The fourth-order valence-electron chi connectivity index (χ4n) is 1.38. The molecule has 0 radical (unpaired) electrons. The Labute approximate surface area is 104 Å². The molecule has 5 heteroatoms. The van der Waals surface area contributed by atoms with Gasteiger partial charge in [-0.25, -0.2) is 9.97 Å². The van der Waals surface area contributed by atoms with Crippen molar-refractivity contribution in [2.24, 2.45) is 0 Å².